The number of hydrogen-bond acceptors (Lipinski definition) is 3. The van der Waals surface area contributed by atoms with Gasteiger partial charge in [-0.25, -0.2) is 0 Å². The second kappa shape index (κ2) is 12.5. The van der Waals surface area contributed by atoms with Crippen molar-refractivity contribution in [1.29, 1.82) is 0 Å². The van der Waals surface area contributed by atoms with Gasteiger partial charge in [0, 0.05) is 6.73 Å². The van der Waals surface area contributed by atoms with Gasteiger partial charge < -0.3 is 14.8 Å². The predicted molar refractivity (Wildman–Crippen MR) is 68.2 cm³/mol. The van der Waals surface area contributed by atoms with Crippen molar-refractivity contribution in [2.45, 2.75) is 26.9 Å². The third kappa shape index (κ3) is 11.6. The van der Waals surface area contributed by atoms with Gasteiger partial charge in [-0.1, -0.05) is 17.7 Å². The van der Waals surface area contributed by atoms with Crippen LogP contribution in [0.2, 0.25) is 0 Å². The van der Waals surface area contributed by atoms with Crippen LogP contribution in [0.4, 0.5) is 0 Å². The Morgan fingerprint density at radius 2 is 1.83 bits per heavy atom. The molecule has 0 saturated carbocycles. The summed E-state index contributed by atoms with van der Waals surface area (Å²) in [5, 5.41) is 3.83. The number of carbonyl (C=O) groups excluding carboxylic acids is 1. The Labute approximate surface area is 122 Å². The molecule has 0 aromatic heterocycles. The molecule has 1 radical (unpaired) electrons. The minimum absolute atomic E-state index is 0. The zero-order chi connectivity index (χ0) is 13.1. The number of benzene rings is 1. The van der Waals surface area contributed by atoms with E-state index in [-0.39, 0.29) is 25.6 Å². The summed E-state index contributed by atoms with van der Waals surface area (Å²) >= 11 is 0. The fraction of sp³-hybridized carbons (Fsp3) is 0.462. The first-order chi connectivity index (χ1) is 8.10. The van der Waals surface area contributed by atoms with Crippen LogP contribution in [0, 0.1) is 6.92 Å². The average molecular weight is 339 g/mol. The van der Waals surface area contributed by atoms with E-state index >= 15 is 0 Å². The van der Waals surface area contributed by atoms with Gasteiger partial charge in [-0.05, 0) is 32.9 Å². The SMILES string of the molecule is CC(C)OC=O.C[N-]COc1ccc(C)cc1.[Ru+]. The topological polar surface area (TPSA) is 49.6 Å². The first-order valence-electron chi connectivity index (χ1n) is 5.44. The first kappa shape index (κ1) is 19.4. The summed E-state index contributed by atoms with van der Waals surface area (Å²) in [6.07, 6.45) is 0.0301. The molecule has 0 saturated heterocycles. The van der Waals surface area contributed by atoms with E-state index in [2.05, 4.69) is 10.1 Å². The van der Waals surface area contributed by atoms with Gasteiger partial charge >= 0.3 is 19.5 Å². The minimum atomic E-state index is 0. The van der Waals surface area contributed by atoms with Crippen LogP contribution < -0.4 is 4.74 Å². The van der Waals surface area contributed by atoms with Crippen molar-refractivity contribution >= 4 is 6.47 Å². The fourth-order valence-electron chi connectivity index (χ4n) is 0.885. The smallest absolute Gasteiger partial charge is 0.632 e. The molecule has 0 spiro atoms. The maximum absolute atomic E-state index is 9.39. The van der Waals surface area contributed by atoms with Gasteiger partial charge in [0.1, 0.15) is 5.75 Å². The normalized spacial score (nSPS) is 8.72. The summed E-state index contributed by atoms with van der Waals surface area (Å²) in [6, 6.07) is 7.93. The van der Waals surface area contributed by atoms with Crippen molar-refractivity contribution in [2.75, 3.05) is 13.8 Å². The van der Waals surface area contributed by atoms with Gasteiger partial charge in [0.05, 0.1) is 6.10 Å². The summed E-state index contributed by atoms with van der Waals surface area (Å²) in [7, 11) is 1.73. The van der Waals surface area contributed by atoms with Crippen LogP contribution in [0.5, 0.6) is 5.75 Å². The van der Waals surface area contributed by atoms with Gasteiger partial charge in [-0.15, -0.1) is 0 Å². The number of aryl methyl sites for hydroxylation is 1. The quantitative estimate of drug-likeness (QED) is 0.612. The maximum Gasteiger partial charge on any atom is 1.00 e. The molecule has 0 amide bonds. The Balaban J connectivity index is 0. The summed E-state index contributed by atoms with van der Waals surface area (Å²) in [5.41, 5.74) is 1.24. The molecule has 0 aliphatic rings. The molecule has 0 bridgehead atoms. The molecule has 5 heteroatoms. The maximum atomic E-state index is 9.39. The molecule has 0 aliphatic carbocycles. The largest absolute Gasteiger partial charge is 1.00 e. The molecule has 103 valence electrons. The van der Waals surface area contributed by atoms with Gasteiger partial charge in [0.25, 0.3) is 6.47 Å². The van der Waals surface area contributed by atoms with E-state index in [1.165, 1.54) is 5.56 Å². The molecule has 0 atom stereocenters. The number of ether oxygens (including phenoxy) is 2. The van der Waals surface area contributed by atoms with E-state index in [1.807, 2.05) is 31.2 Å². The second-order valence-corrected chi connectivity index (χ2v) is 3.68. The third-order valence-corrected chi connectivity index (χ3v) is 1.71. The Morgan fingerprint density at radius 1 is 1.28 bits per heavy atom. The molecule has 0 unspecified atom stereocenters. The van der Waals surface area contributed by atoms with Crippen LogP contribution in [-0.2, 0) is 29.0 Å². The summed E-state index contributed by atoms with van der Waals surface area (Å²) in [5.74, 6) is 0.876. The summed E-state index contributed by atoms with van der Waals surface area (Å²) < 4.78 is 9.60. The molecule has 1 aromatic rings. The number of carbonyl (C=O) groups is 1. The van der Waals surface area contributed by atoms with Crippen molar-refractivity contribution < 1.29 is 33.7 Å². The fourth-order valence-corrected chi connectivity index (χ4v) is 0.885. The second-order valence-electron chi connectivity index (χ2n) is 3.68. The molecular weight excluding hydrogens is 319 g/mol. The first-order valence-corrected chi connectivity index (χ1v) is 5.44. The molecule has 18 heavy (non-hydrogen) atoms. The Hall–Kier alpha value is -0.927. The Morgan fingerprint density at radius 3 is 2.17 bits per heavy atom. The van der Waals surface area contributed by atoms with E-state index in [0.717, 1.165) is 5.75 Å². The molecule has 1 rings (SSSR count). The minimum Gasteiger partial charge on any atom is -0.632 e. The van der Waals surface area contributed by atoms with E-state index in [0.29, 0.717) is 13.2 Å². The van der Waals surface area contributed by atoms with Crippen molar-refractivity contribution in [3.8, 4) is 5.75 Å². The van der Waals surface area contributed by atoms with Gasteiger partial charge in [0.2, 0.25) is 0 Å². The van der Waals surface area contributed by atoms with Crippen LogP contribution >= 0.6 is 0 Å². The van der Waals surface area contributed by atoms with Gasteiger partial charge in [-0.2, -0.15) is 7.05 Å². The third-order valence-electron chi connectivity index (χ3n) is 1.71. The van der Waals surface area contributed by atoms with Crippen LogP contribution in [0.25, 0.3) is 5.32 Å². The number of nitrogens with zero attached hydrogens (tertiary/aromatic N) is 1. The predicted octanol–water partition coefficient (Wildman–Crippen LogP) is 2.90. The van der Waals surface area contributed by atoms with Crippen LogP contribution in [-0.4, -0.2) is 26.4 Å². The van der Waals surface area contributed by atoms with Crippen molar-refractivity contribution in [2.24, 2.45) is 0 Å². The van der Waals surface area contributed by atoms with Gasteiger partial charge in [-0.3, -0.25) is 4.79 Å². The van der Waals surface area contributed by atoms with E-state index in [1.54, 1.807) is 20.9 Å². The standard InChI is InChI=1S/C9H12NO.C4H8O2.Ru/c1-8-3-5-9(6-4-8)11-7-10-2;1-4(2)6-3-5;/h3-6H,7H2,1-2H3;3-4H,1-2H3;/q-1;;+1. The van der Waals surface area contributed by atoms with Crippen molar-refractivity contribution in [3.05, 3.63) is 35.1 Å². The molecule has 0 heterocycles. The van der Waals surface area contributed by atoms with Crippen molar-refractivity contribution in [3.63, 3.8) is 0 Å². The molecular formula is C13H20NO3Ru. The van der Waals surface area contributed by atoms with Crippen molar-refractivity contribution in [1.82, 2.24) is 0 Å². The molecule has 1 aromatic carbocycles. The van der Waals surface area contributed by atoms with Crippen LogP contribution in [0.15, 0.2) is 24.3 Å². The molecule has 0 fully saturated rings. The van der Waals surface area contributed by atoms with E-state index in [9.17, 15) is 4.79 Å². The van der Waals surface area contributed by atoms with Crippen LogP contribution in [0.1, 0.15) is 19.4 Å². The Bertz CT molecular complexity index is 302. The van der Waals surface area contributed by atoms with Gasteiger partial charge in [0.15, 0.2) is 0 Å². The summed E-state index contributed by atoms with van der Waals surface area (Å²) in [6.45, 7) is 6.53. The average Bonchev–Trinajstić information content (AvgIpc) is 2.29. The van der Waals surface area contributed by atoms with E-state index < -0.39 is 0 Å². The number of hydrogen-bond donors (Lipinski definition) is 0. The zero-order valence-corrected chi connectivity index (χ0v) is 12.9. The molecule has 0 N–H and O–H groups in total. The van der Waals surface area contributed by atoms with Crippen LogP contribution in [0.3, 0.4) is 0 Å². The number of rotatable bonds is 5. The Kier molecular flexibility index (Phi) is 13.5. The summed E-state index contributed by atoms with van der Waals surface area (Å²) in [4.78, 5) is 9.39. The zero-order valence-electron chi connectivity index (χ0n) is 11.2. The molecule has 0 aliphatic heterocycles. The molecule has 4 nitrogen and oxygen atoms in total. The van der Waals surface area contributed by atoms with E-state index in [4.69, 9.17) is 4.74 Å². The monoisotopic (exact) mass is 340 g/mol.